The van der Waals surface area contributed by atoms with E-state index < -0.39 is 11.7 Å². The molecule has 0 bridgehead atoms. The van der Waals surface area contributed by atoms with Crippen LogP contribution < -0.4 is 10.6 Å². The van der Waals surface area contributed by atoms with E-state index in [1.165, 1.54) is 17.8 Å². The highest BCUT2D eigenvalue weighted by Gasteiger charge is 2.31. The number of pyridine rings is 1. The number of alkyl halides is 3. The molecule has 164 valence electrons. The zero-order valence-corrected chi connectivity index (χ0v) is 20.4. The Morgan fingerprint density at radius 2 is 2.00 bits per heavy atom. The third-order valence-electron chi connectivity index (χ3n) is 4.87. The Labute approximate surface area is 195 Å². The fourth-order valence-corrected chi connectivity index (χ4v) is 5.83. The van der Waals surface area contributed by atoms with Crippen molar-refractivity contribution in [2.45, 2.75) is 30.8 Å². The number of fused-ring (bicyclic) bond motifs is 1. The van der Waals surface area contributed by atoms with Gasteiger partial charge in [0.05, 0.1) is 23.3 Å². The average molecular weight is 579 g/mol. The van der Waals surface area contributed by atoms with Gasteiger partial charge in [-0.15, -0.1) is 11.8 Å². The van der Waals surface area contributed by atoms with E-state index >= 15 is 0 Å². The Morgan fingerprint density at radius 3 is 2.61 bits per heavy atom. The number of carbonyl (C=O) groups is 1. The van der Waals surface area contributed by atoms with Gasteiger partial charge < -0.3 is 10.6 Å². The lowest BCUT2D eigenvalue weighted by Gasteiger charge is -2.15. The van der Waals surface area contributed by atoms with Gasteiger partial charge in [-0.1, -0.05) is 0 Å². The molecule has 0 spiro atoms. The minimum atomic E-state index is -4.41. The summed E-state index contributed by atoms with van der Waals surface area (Å²) in [5.74, 6) is 1.10. The van der Waals surface area contributed by atoms with Gasteiger partial charge in [0.25, 0.3) is 0 Å². The lowest BCUT2D eigenvalue weighted by molar-refractivity contribution is -0.137. The van der Waals surface area contributed by atoms with Crippen LogP contribution in [-0.2, 0) is 11.0 Å². The van der Waals surface area contributed by atoms with Crippen LogP contribution in [0, 0.1) is 12.8 Å². The third kappa shape index (κ3) is 4.78. The van der Waals surface area contributed by atoms with Crippen LogP contribution in [0.15, 0.2) is 29.2 Å². The van der Waals surface area contributed by atoms with Crippen LogP contribution in [-0.4, -0.2) is 26.5 Å². The van der Waals surface area contributed by atoms with Crippen molar-refractivity contribution in [2.75, 3.05) is 16.9 Å². The van der Waals surface area contributed by atoms with Crippen LogP contribution in [0.1, 0.15) is 24.2 Å². The summed E-state index contributed by atoms with van der Waals surface area (Å²) < 4.78 is 41.3. The van der Waals surface area contributed by atoms with E-state index in [1.807, 2.05) is 11.3 Å². The smallest absolute Gasteiger partial charge is 0.353 e. The minimum absolute atomic E-state index is 0.0185. The zero-order valence-electron chi connectivity index (χ0n) is 16.5. The number of carbonyl (C=O) groups excluding carboxylic acids is 1. The second-order valence-electron chi connectivity index (χ2n) is 7.11. The molecule has 2 aromatic heterocycles. The lowest BCUT2D eigenvalue weighted by atomic mass is 10.2. The first-order valence-electron chi connectivity index (χ1n) is 9.31. The number of hydrogen-bond donors (Lipinski definition) is 2. The first-order valence-corrected chi connectivity index (χ1v) is 14.6. The molecule has 2 N–H and O–H groups in total. The van der Waals surface area contributed by atoms with Gasteiger partial charge in [-0.3, -0.25) is 9.13 Å². The number of nitrogens with one attached hydrogen (secondary N) is 2. The SMILES string of the molecule is CSc1cc(C(F)(F)F)ccc1Nc1cc(NC(=O)C2CC2)nc2c1nc(C)n2PI. The van der Waals surface area contributed by atoms with Gasteiger partial charge in [0, 0.05) is 16.9 Å². The zero-order chi connectivity index (χ0) is 22.3. The lowest BCUT2D eigenvalue weighted by Crippen LogP contribution is -2.14. The highest BCUT2D eigenvalue weighted by Crippen LogP contribution is 2.39. The van der Waals surface area contributed by atoms with Crippen molar-refractivity contribution in [3.8, 4) is 0 Å². The first kappa shape index (κ1) is 22.6. The number of imidazole rings is 1. The summed E-state index contributed by atoms with van der Waals surface area (Å²) in [6.07, 6.45) is -0.599. The molecule has 1 aliphatic rings. The van der Waals surface area contributed by atoms with E-state index in [2.05, 4.69) is 42.6 Å². The molecular weight excluding hydrogens is 561 g/mol. The Balaban J connectivity index is 1.78. The summed E-state index contributed by atoms with van der Waals surface area (Å²) in [4.78, 5) is 21.9. The van der Waals surface area contributed by atoms with Crippen molar-refractivity contribution in [2.24, 2.45) is 5.92 Å². The van der Waals surface area contributed by atoms with E-state index in [0.717, 1.165) is 30.8 Å². The monoisotopic (exact) mass is 579 g/mol. The van der Waals surface area contributed by atoms with Gasteiger partial charge in [-0.2, -0.15) is 13.2 Å². The molecule has 1 saturated carbocycles. The molecule has 0 saturated heterocycles. The Kier molecular flexibility index (Phi) is 6.37. The molecule has 6 nitrogen and oxygen atoms in total. The standard InChI is InChI=1S/C19H18F3IN5OPS/c1-9-24-16-13(25-12-6-5-11(19(20,21)22)7-14(12)31-2)8-15(26-17(16)28(9)30-23)27-18(29)10-3-4-10/h5-8,10,30H,3-4H2,1-2H3,(H2,25,26,27,29). The van der Waals surface area contributed by atoms with Crippen LogP contribution >= 0.6 is 40.2 Å². The first-order chi connectivity index (χ1) is 14.7. The van der Waals surface area contributed by atoms with Gasteiger partial charge >= 0.3 is 6.18 Å². The molecule has 1 atom stereocenters. The van der Waals surface area contributed by atoms with Crippen molar-refractivity contribution in [1.82, 2.24) is 14.3 Å². The van der Waals surface area contributed by atoms with Crippen molar-refractivity contribution >= 4 is 74.4 Å². The van der Waals surface area contributed by atoms with E-state index in [0.29, 0.717) is 39.6 Å². The quantitative estimate of drug-likeness (QED) is 0.202. The minimum Gasteiger partial charge on any atom is -0.353 e. The maximum atomic E-state index is 13.1. The number of amides is 1. The van der Waals surface area contributed by atoms with E-state index in [1.54, 1.807) is 12.3 Å². The van der Waals surface area contributed by atoms with Crippen LogP contribution in [0.2, 0.25) is 0 Å². The van der Waals surface area contributed by atoms with Crippen molar-refractivity contribution in [1.29, 1.82) is 0 Å². The molecule has 1 aliphatic carbocycles. The van der Waals surface area contributed by atoms with Crippen LogP contribution in [0.25, 0.3) is 11.2 Å². The van der Waals surface area contributed by atoms with Gasteiger partial charge in [0.2, 0.25) is 5.91 Å². The van der Waals surface area contributed by atoms with Crippen LogP contribution in [0.3, 0.4) is 0 Å². The maximum Gasteiger partial charge on any atom is 0.416 e. The normalized spacial score (nSPS) is 14.5. The molecule has 0 aliphatic heterocycles. The Morgan fingerprint density at radius 1 is 1.26 bits per heavy atom. The van der Waals surface area contributed by atoms with Crippen molar-refractivity contribution in [3.63, 3.8) is 0 Å². The number of thioether (sulfide) groups is 1. The van der Waals surface area contributed by atoms with Gasteiger partial charge in [-0.25, -0.2) is 9.97 Å². The Hall–Kier alpha value is -1.59. The van der Waals surface area contributed by atoms with Gasteiger partial charge in [0.1, 0.15) is 17.2 Å². The number of aromatic nitrogens is 3. The molecule has 1 amide bonds. The molecule has 4 rings (SSSR count). The highest BCUT2D eigenvalue weighted by atomic mass is 127. The number of halogens is 4. The summed E-state index contributed by atoms with van der Waals surface area (Å²) in [5, 5.41) is 6.07. The highest BCUT2D eigenvalue weighted by molar-refractivity contribution is 14.2. The fraction of sp³-hybridized carbons (Fsp3) is 0.316. The number of benzene rings is 1. The van der Waals surface area contributed by atoms with E-state index in [-0.39, 0.29) is 11.8 Å². The summed E-state index contributed by atoms with van der Waals surface area (Å²) >= 11 is 3.45. The molecule has 3 aromatic rings. The van der Waals surface area contributed by atoms with Crippen LogP contribution in [0.4, 0.5) is 30.4 Å². The molecule has 1 fully saturated rings. The largest absolute Gasteiger partial charge is 0.416 e. The predicted molar refractivity (Wildman–Crippen MR) is 128 cm³/mol. The molecule has 12 heteroatoms. The van der Waals surface area contributed by atoms with Gasteiger partial charge in [0.15, 0.2) is 5.65 Å². The van der Waals surface area contributed by atoms with Gasteiger partial charge in [-0.05, 0) is 66.3 Å². The van der Waals surface area contributed by atoms with Crippen molar-refractivity contribution in [3.05, 3.63) is 35.7 Å². The van der Waals surface area contributed by atoms with E-state index in [4.69, 9.17) is 0 Å². The molecular formula is C19H18F3IN5OPS. The predicted octanol–water partition coefficient (Wildman–Crippen LogP) is 6.36. The fourth-order valence-electron chi connectivity index (χ4n) is 3.11. The Bertz CT molecular complexity index is 1170. The second-order valence-corrected chi connectivity index (χ2v) is 10.0. The molecule has 1 aromatic carbocycles. The summed E-state index contributed by atoms with van der Waals surface area (Å²) in [6.45, 7) is 1.87. The molecule has 0 radical (unpaired) electrons. The summed E-state index contributed by atoms with van der Waals surface area (Å²) in [5.41, 5.74) is 1.60. The topological polar surface area (TPSA) is 71.8 Å². The third-order valence-corrected chi connectivity index (χ3v) is 7.79. The van der Waals surface area contributed by atoms with E-state index in [9.17, 15) is 18.0 Å². The van der Waals surface area contributed by atoms with Crippen molar-refractivity contribution < 1.29 is 18.0 Å². The molecule has 31 heavy (non-hydrogen) atoms. The number of hydrogen-bond acceptors (Lipinski definition) is 5. The molecule has 2 heterocycles. The summed E-state index contributed by atoms with van der Waals surface area (Å²) in [6, 6.07) is 5.26. The summed E-state index contributed by atoms with van der Waals surface area (Å²) in [7, 11) is 0. The number of anilines is 3. The second kappa shape index (κ2) is 8.74. The molecule has 1 unspecified atom stereocenters. The average Bonchev–Trinajstić information content (AvgIpc) is 3.51. The van der Waals surface area contributed by atoms with Crippen LogP contribution in [0.5, 0.6) is 0 Å². The number of nitrogens with zero attached hydrogens (tertiary/aromatic N) is 3. The number of rotatable bonds is 6. The number of aryl methyl sites for hydroxylation is 1. The maximum absolute atomic E-state index is 13.1.